The van der Waals surface area contributed by atoms with Crippen LogP contribution in [0, 0.1) is 0 Å². The van der Waals surface area contributed by atoms with Gasteiger partial charge in [-0.25, -0.2) is 0 Å². The zero-order valence-electron chi connectivity index (χ0n) is 23.5. The molecule has 0 aromatic heterocycles. The molecule has 1 amide bonds. The summed E-state index contributed by atoms with van der Waals surface area (Å²) < 4.78 is 23.3. The van der Waals surface area contributed by atoms with Crippen LogP contribution in [0.3, 0.4) is 0 Å². The highest BCUT2D eigenvalue weighted by atomic mass is 16.6. The fourth-order valence-electron chi connectivity index (χ4n) is 4.93. The number of nitrogens with zero attached hydrogens (tertiary/aromatic N) is 2. The van der Waals surface area contributed by atoms with Crippen molar-refractivity contribution in [3.63, 3.8) is 0 Å². The Morgan fingerprint density at radius 2 is 1.71 bits per heavy atom. The van der Waals surface area contributed by atoms with Crippen LogP contribution in [0.25, 0.3) is 5.76 Å². The van der Waals surface area contributed by atoms with Gasteiger partial charge in [0.1, 0.15) is 25.6 Å². The van der Waals surface area contributed by atoms with Gasteiger partial charge in [-0.2, -0.15) is 0 Å². The normalized spacial score (nSPS) is 17.7. The van der Waals surface area contributed by atoms with Gasteiger partial charge in [-0.1, -0.05) is 36.4 Å². The second-order valence-electron chi connectivity index (χ2n) is 10.1. The number of aliphatic hydroxyl groups is 1. The third kappa shape index (κ3) is 6.00. The summed E-state index contributed by atoms with van der Waals surface area (Å²) in [6, 6.07) is 19.3. The molecule has 9 nitrogen and oxygen atoms in total. The van der Waals surface area contributed by atoms with E-state index in [0.717, 1.165) is 5.56 Å². The van der Waals surface area contributed by atoms with Gasteiger partial charge < -0.3 is 33.9 Å². The third-order valence-corrected chi connectivity index (χ3v) is 6.96. The highest BCUT2D eigenvalue weighted by Crippen LogP contribution is 2.43. The van der Waals surface area contributed by atoms with Crippen molar-refractivity contribution in [3.8, 4) is 23.0 Å². The lowest BCUT2D eigenvalue weighted by Gasteiger charge is -2.27. The maximum absolute atomic E-state index is 13.5. The van der Waals surface area contributed by atoms with Crippen LogP contribution in [0.2, 0.25) is 0 Å². The topological polar surface area (TPSA) is 97.8 Å². The molecule has 0 radical (unpaired) electrons. The van der Waals surface area contributed by atoms with Gasteiger partial charge in [0.25, 0.3) is 11.7 Å². The van der Waals surface area contributed by atoms with Gasteiger partial charge in [0.15, 0.2) is 23.0 Å². The molecule has 0 saturated carbocycles. The highest BCUT2D eigenvalue weighted by Gasteiger charge is 2.46. The van der Waals surface area contributed by atoms with Crippen molar-refractivity contribution in [2.75, 3.05) is 47.0 Å². The number of carbonyl (C=O) groups is 2. The van der Waals surface area contributed by atoms with E-state index in [1.807, 2.05) is 56.3 Å². The van der Waals surface area contributed by atoms with E-state index in [1.165, 1.54) is 4.90 Å². The molecule has 3 aromatic rings. The van der Waals surface area contributed by atoms with Crippen molar-refractivity contribution in [2.24, 2.45) is 0 Å². The predicted octanol–water partition coefficient (Wildman–Crippen LogP) is 4.42. The van der Waals surface area contributed by atoms with Gasteiger partial charge in [-0.3, -0.25) is 9.59 Å². The van der Waals surface area contributed by atoms with Crippen molar-refractivity contribution >= 4 is 17.4 Å². The van der Waals surface area contributed by atoms with Crippen molar-refractivity contribution in [1.29, 1.82) is 0 Å². The second-order valence-corrected chi connectivity index (χ2v) is 10.1. The number of ketones is 1. The van der Waals surface area contributed by atoms with Crippen LogP contribution in [-0.2, 0) is 16.2 Å². The monoisotopic (exact) mass is 558 g/mol. The first-order valence-electron chi connectivity index (χ1n) is 13.6. The fraction of sp³-hybridized carbons (Fsp3) is 0.312. The zero-order valence-corrected chi connectivity index (χ0v) is 23.5. The summed E-state index contributed by atoms with van der Waals surface area (Å²) in [4.78, 5) is 30.2. The molecule has 1 unspecified atom stereocenters. The lowest BCUT2D eigenvalue weighted by molar-refractivity contribution is -0.140. The SMILES string of the molecule is CCOc1cc(C2/C(=C(/O)c3ccc4c(c3)OCCO4)C(=O)C(=O)N2CCN(C)C)ccc1OCc1ccccc1. The van der Waals surface area contributed by atoms with Gasteiger partial charge >= 0.3 is 0 Å². The first-order valence-corrected chi connectivity index (χ1v) is 13.6. The number of Topliss-reactive ketones (excluding diaryl/α,β-unsaturated/α-hetero) is 1. The summed E-state index contributed by atoms with van der Waals surface area (Å²) in [5.41, 5.74) is 2.00. The molecule has 3 aromatic carbocycles. The van der Waals surface area contributed by atoms with Crippen LogP contribution in [-0.4, -0.2) is 73.6 Å². The van der Waals surface area contributed by atoms with Crippen LogP contribution in [0.15, 0.2) is 72.3 Å². The Kier molecular flexibility index (Phi) is 8.45. The lowest BCUT2D eigenvalue weighted by atomic mass is 9.94. The van der Waals surface area contributed by atoms with Gasteiger partial charge in [0, 0.05) is 18.7 Å². The van der Waals surface area contributed by atoms with E-state index in [-0.39, 0.29) is 17.9 Å². The molecule has 0 spiro atoms. The molecule has 1 fully saturated rings. The molecule has 2 aliphatic heterocycles. The Bertz CT molecular complexity index is 1450. The standard InChI is InChI=1S/C32H34N2O7/c1-4-38-26-18-22(10-12-25(26)41-20-21-8-6-5-7-9-21)29-28(31(36)32(37)34(29)15-14-33(2)3)30(35)23-11-13-24-27(19-23)40-17-16-39-24/h5-13,18-19,29,35H,4,14-17,20H2,1-3H3/b30-28-. The van der Waals surface area contributed by atoms with E-state index in [1.54, 1.807) is 36.4 Å². The number of aliphatic hydroxyl groups excluding tert-OH is 1. The second kappa shape index (κ2) is 12.3. The molecular formula is C32H34N2O7. The number of benzene rings is 3. The van der Waals surface area contributed by atoms with Crippen molar-refractivity contribution in [1.82, 2.24) is 9.80 Å². The van der Waals surface area contributed by atoms with Gasteiger partial charge in [-0.15, -0.1) is 0 Å². The third-order valence-electron chi connectivity index (χ3n) is 6.96. The van der Waals surface area contributed by atoms with E-state index in [9.17, 15) is 14.7 Å². The van der Waals surface area contributed by atoms with E-state index >= 15 is 0 Å². The number of rotatable bonds is 10. The quantitative estimate of drug-likeness (QED) is 0.222. The summed E-state index contributed by atoms with van der Waals surface area (Å²) in [6.45, 7) is 4.25. The van der Waals surface area contributed by atoms with Crippen LogP contribution in [0.5, 0.6) is 23.0 Å². The van der Waals surface area contributed by atoms with Crippen LogP contribution in [0.1, 0.15) is 29.7 Å². The average Bonchev–Trinajstić information content (AvgIpc) is 3.24. The van der Waals surface area contributed by atoms with E-state index < -0.39 is 17.7 Å². The molecule has 0 bridgehead atoms. The largest absolute Gasteiger partial charge is 0.507 e. The molecule has 1 atom stereocenters. The van der Waals surface area contributed by atoms with E-state index in [4.69, 9.17) is 18.9 Å². The van der Waals surface area contributed by atoms with Crippen LogP contribution >= 0.6 is 0 Å². The van der Waals surface area contributed by atoms with Crippen molar-refractivity contribution in [3.05, 3.63) is 89.0 Å². The number of fused-ring (bicyclic) bond motifs is 1. The molecule has 9 heteroatoms. The zero-order chi connectivity index (χ0) is 28.9. The minimum Gasteiger partial charge on any atom is -0.507 e. The number of amides is 1. The molecular weight excluding hydrogens is 524 g/mol. The molecule has 5 rings (SSSR count). The minimum absolute atomic E-state index is 0.00540. The molecule has 0 aliphatic carbocycles. The molecule has 214 valence electrons. The smallest absolute Gasteiger partial charge is 0.295 e. The fourth-order valence-corrected chi connectivity index (χ4v) is 4.93. The summed E-state index contributed by atoms with van der Waals surface area (Å²) in [5, 5.41) is 11.5. The number of likely N-dealkylation sites (N-methyl/N-ethyl adjacent to an activating group) is 1. The Morgan fingerprint density at radius 1 is 0.951 bits per heavy atom. The number of hydrogen-bond acceptors (Lipinski definition) is 8. The predicted molar refractivity (Wildman–Crippen MR) is 153 cm³/mol. The van der Waals surface area contributed by atoms with Crippen LogP contribution in [0.4, 0.5) is 0 Å². The molecule has 2 aliphatic rings. The first-order chi connectivity index (χ1) is 19.9. The number of hydrogen-bond donors (Lipinski definition) is 1. The summed E-state index contributed by atoms with van der Waals surface area (Å²) >= 11 is 0. The van der Waals surface area contributed by atoms with Gasteiger partial charge in [0.05, 0.1) is 18.2 Å². The number of ether oxygens (including phenoxy) is 4. The average molecular weight is 559 g/mol. The lowest BCUT2D eigenvalue weighted by Crippen LogP contribution is -2.35. The van der Waals surface area contributed by atoms with Gasteiger partial charge in [0.2, 0.25) is 0 Å². The van der Waals surface area contributed by atoms with Crippen molar-refractivity contribution in [2.45, 2.75) is 19.6 Å². The van der Waals surface area contributed by atoms with Crippen LogP contribution < -0.4 is 18.9 Å². The van der Waals surface area contributed by atoms with E-state index in [0.29, 0.717) is 67.1 Å². The van der Waals surface area contributed by atoms with E-state index in [2.05, 4.69) is 0 Å². The number of likely N-dealkylation sites (tertiary alicyclic amines) is 1. The first kappa shape index (κ1) is 28.0. The maximum Gasteiger partial charge on any atom is 0.295 e. The van der Waals surface area contributed by atoms with Crippen molar-refractivity contribution < 1.29 is 33.6 Å². The minimum atomic E-state index is -0.828. The van der Waals surface area contributed by atoms with Gasteiger partial charge in [-0.05, 0) is 62.5 Å². The Morgan fingerprint density at radius 3 is 2.44 bits per heavy atom. The Hall–Kier alpha value is -4.50. The summed E-state index contributed by atoms with van der Waals surface area (Å²) in [5.74, 6) is 0.359. The summed E-state index contributed by atoms with van der Waals surface area (Å²) in [6.07, 6.45) is 0. The molecule has 1 saturated heterocycles. The molecule has 2 heterocycles. The maximum atomic E-state index is 13.5. The number of carbonyl (C=O) groups excluding carboxylic acids is 2. The Balaban J connectivity index is 1.56. The molecule has 1 N–H and O–H groups in total. The summed E-state index contributed by atoms with van der Waals surface area (Å²) in [7, 11) is 3.79. The highest BCUT2D eigenvalue weighted by molar-refractivity contribution is 6.46. The molecule has 41 heavy (non-hydrogen) atoms. The Labute approximate surface area is 239 Å².